The minimum Gasteiger partial charge on any atom is -0.464 e. The van der Waals surface area contributed by atoms with E-state index in [1.807, 2.05) is 0 Å². The Morgan fingerprint density at radius 2 is 2.08 bits per heavy atom. The molecule has 128 valence electrons. The fourth-order valence-electron chi connectivity index (χ4n) is 1.62. The van der Waals surface area contributed by atoms with Crippen LogP contribution in [0, 0.1) is 10.1 Å². The molecule has 0 bridgehead atoms. The van der Waals surface area contributed by atoms with Gasteiger partial charge in [-0.2, -0.15) is 0 Å². The Balaban J connectivity index is 3.14. The van der Waals surface area contributed by atoms with Crippen LogP contribution in [0.1, 0.15) is 5.56 Å². The first-order chi connectivity index (χ1) is 11.3. The van der Waals surface area contributed by atoms with Crippen LogP contribution < -0.4 is 11.1 Å². The van der Waals surface area contributed by atoms with Crippen LogP contribution in [0.5, 0.6) is 0 Å². The zero-order valence-electron chi connectivity index (χ0n) is 12.6. The van der Waals surface area contributed by atoms with Crippen LogP contribution in [0.15, 0.2) is 51.7 Å². The molecule has 0 saturated heterocycles. The van der Waals surface area contributed by atoms with Crippen LogP contribution in [-0.2, 0) is 16.1 Å². The summed E-state index contributed by atoms with van der Waals surface area (Å²) >= 11 is 11.6. The summed E-state index contributed by atoms with van der Waals surface area (Å²) in [5.41, 5.74) is 5.72. The molecule has 1 rings (SSSR count). The maximum atomic E-state index is 11.7. The van der Waals surface area contributed by atoms with Gasteiger partial charge < -0.3 is 15.8 Å². The molecule has 0 atom stereocenters. The molecular formula is C14H14Cl2N4O4. The second-order valence-electron chi connectivity index (χ2n) is 4.30. The van der Waals surface area contributed by atoms with Crippen molar-refractivity contribution in [2.75, 3.05) is 7.11 Å². The van der Waals surface area contributed by atoms with Crippen molar-refractivity contribution in [1.29, 1.82) is 0 Å². The third-order valence-corrected chi connectivity index (χ3v) is 3.18. The van der Waals surface area contributed by atoms with Gasteiger partial charge in [-0.05, 0) is 0 Å². The first kappa shape index (κ1) is 19.5. The summed E-state index contributed by atoms with van der Waals surface area (Å²) in [5, 5.41) is 13.0. The van der Waals surface area contributed by atoms with E-state index in [-0.39, 0.29) is 34.0 Å². The maximum absolute atomic E-state index is 11.7. The smallest absolute Gasteiger partial charge is 0.356 e. The highest BCUT2D eigenvalue weighted by molar-refractivity contribution is 6.44. The molecule has 0 amide bonds. The standard InChI is InChI=1S/C14H14Cl2N4O4/c1-8(15)19-12(14(21)24-2)11(16)13(17)18-7-9-5-3-4-6-10(9)20(22)23/h3-6,19H,1,7H2,2H3,(H2,17,18). The highest BCUT2D eigenvalue weighted by Crippen LogP contribution is 2.19. The molecule has 3 N–H and O–H groups in total. The number of para-hydroxylation sites is 1. The third-order valence-electron chi connectivity index (χ3n) is 2.70. The Bertz CT molecular complexity index is 731. The van der Waals surface area contributed by atoms with Crippen molar-refractivity contribution in [2.24, 2.45) is 10.7 Å². The molecular weight excluding hydrogens is 359 g/mol. The zero-order valence-corrected chi connectivity index (χ0v) is 14.1. The van der Waals surface area contributed by atoms with Gasteiger partial charge in [-0.1, -0.05) is 48.0 Å². The van der Waals surface area contributed by atoms with Gasteiger partial charge in [0.25, 0.3) is 5.69 Å². The van der Waals surface area contributed by atoms with Crippen LogP contribution in [0.2, 0.25) is 0 Å². The molecule has 0 aliphatic carbocycles. The van der Waals surface area contributed by atoms with Crippen molar-refractivity contribution in [2.45, 2.75) is 6.54 Å². The number of rotatable bonds is 7. The number of nitrogens with two attached hydrogens (primary N) is 1. The molecule has 0 radical (unpaired) electrons. The predicted octanol–water partition coefficient (Wildman–Crippen LogP) is 2.38. The first-order valence-corrected chi connectivity index (χ1v) is 7.15. The number of hydrogen-bond donors (Lipinski definition) is 2. The highest BCUT2D eigenvalue weighted by Gasteiger charge is 2.18. The number of halogens is 2. The molecule has 0 unspecified atom stereocenters. The summed E-state index contributed by atoms with van der Waals surface area (Å²) in [6.07, 6.45) is 0. The monoisotopic (exact) mass is 372 g/mol. The summed E-state index contributed by atoms with van der Waals surface area (Å²) in [6, 6.07) is 6.04. The van der Waals surface area contributed by atoms with Crippen molar-refractivity contribution < 1.29 is 14.5 Å². The Labute approximate surface area is 147 Å². The van der Waals surface area contributed by atoms with E-state index < -0.39 is 10.9 Å². The molecule has 10 heteroatoms. The van der Waals surface area contributed by atoms with Crippen molar-refractivity contribution in [3.63, 3.8) is 0 Å². The van der Waals surface area contributed by atoms with Crippen LogP contribution in [0.4, 0.5) is 5.69 Å². The molecule has 0 fully saturated rings. The fourth-order valence-corrected chi connectivity index (χ4v) is 1.90. The Kier molecular flexibility index (Phi) is 7.22. The molecule has 0 aliphatic heterocycles. The van der Waals surface area contributed by atoms with E-state index in [4.69, 9.17) is 28.9 Å². The lowest BCUT2D eigenvalue weighted by Crippen LogP contribution is -2.25. The second kappa shape index (κ2) is 8.90. The van der Waals surface area contributed by atoms with Gasteiger partial charge in [0.05, 0.1) is 29.3 Å². The van der Waals surface area contributed by atoms with E-state index in [0.717, 1.165) is 7.11 Å². The number of amidine groups is 1. The van der Waals surface area contributed by atoms with Gasteiger partial charge in [-0.15, -0.1) is 0 Å². The van der Waals surface area contributed by atoms with E-state index in [0.29, 0.717) is 5.56 Å². The normalized spacial score (nSPS) is 12.2. The number of nitrogens with one attached hydrogen (secondary N) is 1. The minimum atomic E-state index is -0.828. The fraction of sp³-hybridized carbons (Fsp3) is 0.143. The molecule has 1 aromatic rings. The minimum absolute atomic E-state index is 0.0833. The average Bonchev–Trinajstić information content (AvgIpc) is 2.56. The van der Waals surface area contributed by atoms with Gasteiger partial charge in [0.2, 0.25) is 0 Å². The number of carbonyl (C=O) groups excluding carboxylic acids is 1. The molecule has 24 heavy (non-hydrogen) atoms. The first-order valence-electron chi connectivity index (χ1n) is 6.40. The van der Waals surface area contributed by atoms with E-state index >= 15 is 0 Å². The number of methoxy groups -OCH3 is 1. The van der Waals surface area contributed by atoms with Crippen LogP contribution in [-0.4, -0.2) is 23.8 Å². The van der Waals surface area contributed by atoms with Gasteiger partial charge in [-0.25, -0.2) is 4.79 Å². The number of carbonyl (C=O) groups is 1. The van der Waals surface area contributed by atoms with Crippen LogP contribution >= 0.6 is 23.2 Å². The van der Waals surface area contributed by atoms with Gasteiger partial charge in [-0.3, -0.25) is 15.1 Å². The lowest BCUT2D eigenvalue weighted by molar-refractivity contribution is -0.385. The van der Waals surface area contributed by atoms with Crippen molar-refractivity contribution in [3.8, 4) is 0 Å². The molecule has 0 saturated carbocycles. The number of hydrogen-bond acceptors (Lipinski definition) is 6. The number of esters is 1. The topological polar surface area (TPSA) is 120 Å². The number of benzene rings is 1. The van der Waals surface area contributed by atoms with Crippen molar-refractivity contribution in [1.82, 2.24) is 5.32 Å². The van der Waals surface area contributed by atoms with E-state index in [2.05, 4.69) is 21.6 Å². The summed E-state index contributed by atoms with van der Waals surface area (Å²) < 4.78 is 4.55. The largest absolute Gasteiger partial charge is 0.464 e. The average molecular weight is 373 g/mol. The predicted molar refractivity (Wildman–Crippen MR) is 91.4 cm³/mol. The number of nitrogens with zero attached hydrogens (tertiary/aromatic N) is 2. The molecule has 8 nitrogen and oxygen atoms in total. The summed E-state index contributed by atoms with van der Waals surface area (Å²) in [5.74, 6) is -1.05. The van der Waals surface area contributed by atoms with Gasteiger partial charge in [0, 0.05) is 6.07 Å². The number of aliphatic imine (C=N–C) groups is 1. The molecule has 0 aliphatic rings. The maximum Gasteiger partial charge on any atom is 0.356 e. The SMILES string of the molecule is C=C(Cl)NC(C(=O)OC)=C(Cl)C(N)=NCc1ccccc1[N+](=O)[O-]. The Morgan fingerprint density at radius 1 is 1.46 bits per heavy atom. The summed E-state index contributed by atoms with van der Waals surface area (Å²) in [6.45, 7) is 3.27. The van der Waals surface area contributed by atoms with E-state index in [1.54, 1.807) is 6.07 Å². The summed E-state index contributed by atoms with van der Waals surface area (Å²) in [7, 11) is 1.14. The van der Waals surface area contributed by atoms with Gasteiger partial charge >= 0.3 is 5.97 Å². The lowest BCUT2D eigenvalue weighted by Gasteiger charge is -2.10. The van der Waals surface area contributed by atoms with Gasteiger partial charge in [0.1, 0.15) is 16.6 Å². The molecule has 1 aromatic carbocycles. The number of ether oxygens (including phenoxy) is 1. The van der Waals surface area contributed by atoms with Crippen molar-refractivity contribution >= 4 is 40.7 Å². The highest BCUT2D eigenvalue weighted by atomic mass is 35.5. The van der Waals surface area contributed by atoms with E-state index in [1.165, 1.54) is 18.2 Å². The Hall–Kier alpha value is -2.58. The zero-order chi connectivity index (χ0) is 18.3. The molecule has 0 spiro atoms. The summed E-state index contributed by atoms with van der Waals surface area (Å²) in [4.78, 5) is 26.1. The second-order valence-corrected chi connectivity index (χ2v) is 5.13. The third kappa shape index (κ3) is 5.25. The van der Waals surface area contributed by atoms with Crippen molar-refractivity contribution in [3.05, 3.63) is 62.4 Å². The van der Waals surface area contributed by atoms with Gasteiger partial charge in [0.15, 0.2) is 0 Å². The van der Waals surface area contributed by atoms with Crippen LogP contribution in [0.25, 0.3) is 0 Å². The number of nitro groups is 1. The molecule has 0 heterocycles. The van der Waals surface area contributed by atoms with Crippen LogP contribution in [0.3, 0.4) is 0 Å². The van der Waals surface area contributed by atoms with E-state index in [9.17, 15) is 14.9 Å². The quantitative estimate of drug-likeness (QED) is 0.144. The number of nitro benzene ring substituents is 1. The lowest BCUT2D eigenvalue weighted by atomic mass is 10.2. The molecule has 0 aromatic heterocycles. The Morgan fingerprint density at radius 3 is 2.62 bits per heavy atom.